The minimum atomic E-state index is -3.38. The van der Waals surface area contributed by atoms with Gasteiger partial charge in [0.25, 0.3) is 0 Å². The molecule has 21 heavy (non-hydrogen) atoms. The van der Waals surface area contributed by atoms with E-state index >= 15 is 0 Å². The topological polar surface area (TPSA) is 52.7 Å². The maximum Gasteiger partial charge on any atom is 0.243 e. The predicted octanol–water partition coefficient (Wildman–Crippen LogP) is 1.37. The van der Waals surface area contributed by atoms with Crippen LogP contribution in [0.5, 0.6) is 0 Å². The molecule has 0 aliphatic carbocycles. The number of nitrogens with zero attached hydrogens (tertiary/aromatic N) is 2. The lowest BCUT2D eigenvalue weighted by molar-refractivity contribution is 0.144. The first-order valence-corrected chi connectivity index (χ1v) is 9.03. The van der Waals surface area contributed by atoms with Crippen molar-refractivity contribution in [3.05, 3.63) is 23.8 Å². The number of fused-ring (bicyclic) bond motifs is 1. The van der Waals surface area contributed by atoms with Gasteiger partial charge in [-0.3, -0.25) is 0 Å². The van der Waals surface area contributed by atoms with Crippen molar-refractivity contribution in [2.24, 2.45) is 0 Å². The lowest BCUT2D eigenvalue weighted by Crippen LogP contribution is -2.52. The molecule has 116 valence electrons. The zero-order valence-corrected chi connectivity index (χ0v) is 13.5. The minimum absolute atomic E-state index is 0.307. The normalized spacial score (nSPS) is 23.8. The Hall–Kier alpha value is -1.11. The maximum atomic E-state index is 12.8. The van der Waals surface area contributed by atoms with E-state index in [-0.39, 0.29) is 0 Å². The molecule has 1 saturated heterocycles. The molecule has 0 amide bonds. The molecule has 1 atom stereocenters. The van der Waals surface area contributed by atoms with Gasteiger partial charge in [0.1, 0.15) is 0 Å². The molecule has 5 nitrogen and oxygen atoms in total. The van der Waals surface area contributed by atoms with Gasteiger partial charge in [-0.05, 0) is 37.6 Å². The molecule has 3 rings (SSSR count). The van der Waals surface area contributed by atoms with Crippen molar-refractivity contribution in [3.8, 4) is 0 Å². The summed E-state index contributed by atoms with van der Waals surface area (Å²) in [6.45, 7) is 4.95. The largest absolute Gasteiger partial charge is 0.384 e. The molecule has 0 spiro atoms. The van der Waals surface area contributed by atoms with Gasteiger partial charge in [-0.15, -0.1) is 0 Å². The fourth-order valence-corrected chi connectivity index (χ4v) is 4.65. The molecule has 0 bridgehead atoms. The van der Waals surface area contributed by atoms with Crippen molar-refractivity contribution < 1.29 is 8.42 Å². The van der Waals surface area contributed by atoms with E-state index in [1.165, 1.54) is 5.56 Å². The van der Waals surface area contributed by atoms with Crippen LogP contribution in [0.2, 0.25) is 0 Å². The highest BCUT2D eigenvalue weighted by Crippen LogP contribution is 2.28. The van der Waals surface area contributed by atoms with E-state index in [2.05, 4.69) is 24.2 Å². The van der Waals surface area contributed by atoms with Gasteiger partial charge in [0, 0.05) is 37.9 Å². The van der Waals surface area contributed by atoms with E-state index in [1.807, 2.05) is 6.07 Å². The third-order valence-electron chi connectivity index (χ3n) is 4.64. The number of benzene rings is 1. The van der Waals surface area contributed by atoms with Crippen molar-refractivity contribution in [2.45, 2.75) is 30.7 Å². The summed E-state index contributed by atoms with van der Waals surface area (Å²) in [5.74, 6) is 0. The summed E-state index contributed by atoms with van der Waals surface area (Å²) in [5.41, 5.74) is 2.18. The second kappa shape index (κ2) is 5.59. The van der Waals surface area contributed by atoms with Crippen LogP contribution in [0.25, 0.3) is 0 Å². The molecule has 1 N–H and O–H groups in total. The van der Waals surface area contributed by atoms with Crippen molar-refractivity contribution in [1.82, 2.24) is 9.21 Å². The van der Waals surface area contributed by atoms with Crippen LogP contribution in [0.1, 0.15) is 18.9 Å². The highest BCUT2D eigenvalue weighted by Gasteiger charge is 2.32. The van der Waals surface area contributed by atoms with Gasteiger partial charge in [0.05, 0.1) is 4.90 Å². The lowest BCUT2D eigenvalue weighted by Gasteiger charge is -2.38. The Morgan fingerprint density at radius 3 is 2.90 bits per heavy atom. The minimum Gasteiger partial charge on any atom is -0.384 e. The van der Waals surface area contributed by atoms with Gasteiger partial charge < -0.3 is 10.2 Å². The van der Waals surface area contributed by atoms with Crippen LogP contribution in [0.4, 0.5) is 5.69 Å². The Kier molecular flexibility index (Phi) is 3.94. The highest BCUT2D eigenvalue weighted by molar-refractivity contribution is 7.89. The number of sulfonamides is 1. The zero-order chi connectivity index (χ0) is 15.0. The number of likely N-dealkylation sites (N-methyl/N-ethyl adjacent to an activating group) is 1. The van der Waals surface area contributed by atoms with Crippen LogP contribution in [0.15, 0.2) is 23.1 Å². The van der Waals surface area contributed by atoms with E-state index in [0.29, 0.717) is 24.0 Å². The SMILES string of the molecule is CCC1CN(S(=O)(=O)c2ccc3c(c2)NCC3)CCN1C. The predicted molar refractivity (Wildman–Crippen MR) is 84.1 cm³/mol. The summed E-state index contributed by atoms with van der Waals surface area (Å²) >= 11 is 0. The Morgan fingerprint density at radius 2 is 2.14 bits per heavy atom. The number of nitrogens with one attached hydrogen (secondary N) is 1. The van der Waals surface area contributed by atoms with Crippen LogP contribution in [-0.2, 0) is 16.4 Å². The second-order valence-electron chi connectivity index (χ2n) is 5.90. The molecule has 1 unspecified atom stereocenters. The molecule has 2 aliphatic heterocycles. The van der Waals surface area contributed by atoms with Gasteiger partial charge in [0.2, 0.25) is 10.0 Å². The molecular formula is C15H23N3O2S. The van der Waals surface area contributed by atoms with Gasteiger partial charge in [-0.1, -0.05) is 13.0 Å². The van der Waals surface area contributed by atoms with Crippen LogP contribution >= 0.6 is 0 Å². The number of hydrogen-bond acceptors (Lipinski definition) is 4. The number of anilines is 1. The van der Waals surface area contributed by atoms with Crippen molar-refractivity contribution >= 4 is 15.7 Å². The summed E-state index contributed by atoms with van der Waals surface area (Å²) in [7, 11) is -1.32. The molecular weight excluding hydrogens is 286 g/mol. The summed E-state index contributed by atoms with van der Waals surface area (Å²) in [4.78, 5) is 2.66. The molecule has 1 fully saturated rings. The Bertz CT molecular complexity index is 630. The third kappa shape index (κ3) is 2.67. The van der Waals surface area contributed by atoms with Gasteiger partial charge in [0.15, 0.2) is 0 Å². The fraction of sp³-hybridized carbons (Fsp3) is 0.600. The molecule has 1 aromatic carbocycles. The number of piperazine rings is 1. The monoisotopic (exact) mass is 309 g/mol. The van der Waals surface area contributed by atoms with Crippen LogP contribution in [0, 0.1) is 0 Å². The molecule has 0 aromatic heterocycles. The van der Waals surface area contributed by atoms with Crippen LogP contribution in [0.3, 0.4) is 0 Å². The standard InChI is InChI=1S/C15H23N3O2S/c1-3-13-11-18(9-8-17(13)2)21(19,20)14-5-4-12-6-7-16-15(12)10-14/h4-5,10,13,16H,3,6-9,11H2,1-2H3. The lowest BCUT2D eigenvalue weighted by atomic mass is 10.1. The van der Waals surface area contributed by atoms with E-state index in [9.17, 15) is 8.42 Å². The van der Waals surface area contributed by atoms with E-state index < -0.39 is 10.0 Å². The number of hydrogen-bond donors (Lipinski definition) is 1. The first-order chi connectivity index (χ1) is 10.0. The molecule has 6 heteroatoms. The number of rotatable bonds is 3. The Balaban J connectivity index is 1.86. The van der Waals surface area contributed by atoms with Crippen molar-refractivity contribution in [2.75, 3.05) is 38.5 Å². The summed E-state index contributed by atoms with van der Waals surface area (Å²) in [6, 6.07) is 5.79. The second-order valence-corrected chi connectivity index (χ2v) is 7.84. The maximum absolute atomic E-state index is 12.8. The van der Waals surface area contributed by atoms with Crippen molar-refractivity contribution in [3.63, 3.8) is 0 Å². The quantitative estimate of drug-likeness (QED) is 0.916. The molecule has 2 heterocycles. The van der Waals surface area contributed by atoms with E-state index in [1.54, 1.807) is 16.4 Å². The van der Waals surface area contributed by atoms with Gasteiger partial charge >= 0.3 is 0 Å². The summed E-state index contributed by atoms with van der Waals surface area (Å²) in [6.07, 6.45) is 1.94. The third-order valence-corrected chi connectivity index (χ3v) is 6.50. The molecule has 1 aromatic rings. The zero-order valence-electron chi connectivity index (χ0n) is 12.7. The van der Waals surface area contributed by atoms with Crippen molar-refractivity contribution in [1.29, 1.82) is 0 Å². The van der Waals surface area contributed by atoms with E-state index in [0.717, 1.165) is 31.6 Å². The Labute approximate surface area is 127 Å². The molecule has 0 saturated carbocycles. The Morgan fingerprint density at radius 1 is 1.33 bits per heavy atom. The summed E-state index contributed by atoms with van der Waals surface area (Å²) in [5, 5.41) is 3.25. The molecule has 2 aliphatic rings. The summed E-state index contributed by atoms with van der Waals surface area (Å²) < 4.78 is 27.3. The first-order valence-electron chi connectivity index (χ1n) is 7.59. The molecule has 0 radical (unpaired) electrons. The van der Waals surface area contributed by atoms with E-state index in [4.69, 9.17) is 0 Å². The first kappa shape index (κ1) is 14.8. The average molecular weight is 309 g/mol. The van der Waals surface area contributed by atoms with Crippen LogP contribution in [-0.4, -0.2) is 56.9 Å². The van der Waals surface area contributed by atoms with Gasteiger partial charge in [-0.2, -0.15) is 4.31 Å². The highest BCUT2D eigenvalue weighted by atomic mass is 32.2. The van der Waals surface area contributed by atoms with Crippen LogP contribution < -0.4 is 5.32 Å². The fourth-order valence-electron chi connectivity index (χ4n) is 3.16. The average Bonchev–Trinajstić information content (AvgIpc) is 2.94. The van der Waals surface area contributed by atoms with Gasteiger partial charge in [-0.25, -0.2) is 8.42 Å². The smallest absolute Gasteiger partial charge is 0.243 e.